The van der Waals surface area contributed by atoms with Crippen molar-refractivity contribution in [2.45, 2.75) is 19.4 Å². The van der Waals surface area contributed by atoms with Crippen LogP contribution in [0.15, 0.2) is 0 Å². The molecule has 0 heterocycles. The molecular formula is C4H10O4. The van der Waals surface area contributed by atoms with Gasteiger partial charge in [0.15, 0.2) is 0 Å². The van der Waals surface area contributed by atoms with E-state index in [1.54, 1.807) is 13.8 Å². The molecule has 0 saturated heterocycles. The highest BCUT2D eigenvalue weighted by molar-refractivity contribution is 4.62. The summed E-state index contributed by atoms with van der Waals surface area (Å²) in [7, 11) is 0. The molecule has 4 nitrogen and oxygen atoms in total. The third-order valence-electron chi connectivity index (χ3n) is 0.659. The van der Waals surface area contributed by atoms with Crippen LogP contribution >= 0.6 is 0 Å². The highest BCUT2D eigenvalue weighted by Crippen LogP contribution is 2.05. The molecule has 0 unspecified atom stereocenters. The van der Waals surface area contributed by atoms with Crippen LogP contribution in [0.5, 0.6) is 0 Å². The van der Waals surface area contributed by atoms with Gasteiger partial charge in [0, 0.05) is 0 Å². The predicted molar refractivity (Wildman–Crippen MR) is 26.4 cm³/mol. The lowest BCUT2D eigenvalue weighted by Gasteiger charge is -2.16. The summed E-state index contributed by atoms with van der Waals surface area (Å²) in [6, 6.07) is 0. The topological polar surface area (TPSA) is 58.9 Å². The highest BCUT2D eigenvalue weighted by Gasteiger charge is 2.18. The van der Waals surface area contributed by atoms with E-state index in [-0.39, 0.29) is 6.61 Å². The first-order valence-electron chi connectivity index (χ1n) is 2.21. The molecule has 8 heavy (non-hydrogen) atoms. The van der Waals surface area contributed by atoms with Crippen LogP contribution in [-0.2, 0) is 9.78 Å². The maximum absolute atomic E-state index is 8.03. The number of hydrogen-bond donors (Lipinski definition) is 2. The maximum Gasteiger partial charge on any atom is 0.124 e. The highest BCUT2D eigenvalue weighted by atomic mass is 17.1. The Morgan fingerprint density at radius 2 is 1.88 bits per heavy atom. The average molecular weight is 122 g/mol. The van der Waals surface area contributed by atoms with Gasteiger partial charge in [0.1, 0.15) is 12.2 Å². The predicted octanol–water partition coefficient (Wildman–Crippen LogP) is 0.744. The third kappa shape index (κ3) is 2.92. The van der Waals surface area contributed by atoms with Crippen LogP contribution in [0.3, 0.4) is 0 Å². The fourth-order valence-corrected chi connectivity index (χ4v) is 0.182. The molecule has 0 aliphatic carbocycles. The van der Waals surface area contributed by atoms with Gasteiger partial charge in [-0.2, -0.15) is 0 Å². The van der Waals surface area contributed by atoms with Gasteiger partial charge < -0.3 is 0 Å². The zero-order valence-electron chi connectivity index (χ0n) is 4.92. The Balaban J connectivity index is 3.37. The van der Waals surface area contributed by atoms with Crippen molar-refractivity contribution in [3.63, 3.8) is 0 Å². The van der Waals surface area contributed by atoms with E-state index in [1.807, 2.05) is 0 Å². The normalized spacial score (nSPS) is 12.0. The van der Waals surface area contributed by atoms with Crippen LogP contribution < -0.4 is 0 Å². The molecule has 0 aromatic rings. The summed E-state index contributed by atoms with van der Waals surface area (Å²) in [6.45, 7) is 3.09. The molecule has 0 rings (SSSR count). The molecule has 0 aliphatic heterocycles. The Bertz CT molecular complexity index is 61.1. The summed E-state index contributed by atoms with van der Waals surface area (Å²) in [4.78, 5) is 7.61. The lowest BCUT2D eigenvalue weighted by Crippen LogP contribution is -2.28. The van der Waals surface area contributed by atoms with E-state index >= 15 is 0 Å². The van der Waals surface area contributed by atoms with E-state index in [0.29, 0.717) is 0 Å². The van der Waals surface area contributed by atoms with E-state index in [4.69, 9.17) is 10.5 Å². The van der Waals surface area contributed by atoms with Crippen LogP contribution in [0.4, 0.5) is 0 Å². The van der Waals surface area contributed by atoms with E-state index in [1.165, 1.54) is 0 Å². The number of hydrogen-bond acceptors (Lipinski definition) is 4. The SMILES string of the molecule is CC(C)(COO)OO. The molecule has 0 fully saturated rings. The van der Waals surface area contributed by atoms with Crippen molar-refractivity contribution in [1.29, 1.82) is 0 Å². The summed E-state index contributed by atoms with van der Waals surface area (Å²) in [5.41, 5.74) is -0.825. The first-order valence-corrected chi connectivity index (χ1v) is 2.21. The summed E-state index contributed by atoms with van der Waals surface area (Å²) in [6.07, 6.45) is 0. The van der Waals surface area contributed by atoms with Crippen molar-refractivity contribution in [3.8, 4) is 0 Å². The minimum atomic E-state index is -0.825. The van der Waals surface area contributed by atoms with Crippen molar-refractivity contribution in [2.75, 3.05) is 6.61 Å². The van der Waals surface area contributed by atoms with Crippen molar-refractivity contribution >= 4 is 0 Å². The fourth-order valence-electron chi connectivity index (χ4n) is 0.182. The molecule has 50 valence electrons. The van der Waals surface area contributed by atoms with Crippen LogP contribution in [0.25, 0.3) is 0 Å². The van der Waals surface area contributed by atoms with Crippen molar-refractivity contribution in [2.24, 2.45) is 0 Å². The zero-order chi connectivity index (χ0) is 6.62. The second-order valence-electron chi connectivity index (χ2n) is 2.12. The van der Waals surface area contributed by atoms with Gasteiger partial charge >= 0.3 is 0 Å². The van der Waals surface area contributed by atoms with Gasteiger partial charge in [-0.1, -0.05) is 0 Å². The first kappa shape index (κ1) is 7.84. The van der Waals surface area contributed by atoms with Gasteiger partial charge in [0.25, 0.3) is 0 Å². The van der Waals surface area contributed by atoms with Gasteiger partial charge in [-0.15, -0.1) is 0 Å². The fraction of sp³-hybridized carbons (Fsp3) is 1.00. The molecule has 0 bridgehead atoms. The van der Waals surface area contributed by atoms with E-state index in [0.717, 1.165) is 0 Å². The average Bonchev–Trinajstić information content (AvgIpc) is 1.67. The van der Waals surface area contributed by atoms with Gasteiger partial charge in [-0.25, -0.2) is 9.78 Å². The summed E-state index contributed by atoms with van der Waals surface area (Å²) in [5.74, 6) is 0. The molecule has 0 spiro atoms. The zero-order valence-corrected chi connectivity index (χ0v) is 4.92. The largest absolute Gasteiger partial charge is 0.252 e. The van der Waals surface area contributed by atoms with Gasteiger partial charge in [-0.3, -0.25) is 10.5 Å². The molecule has 4 heteroatoms. The van der Waals surface area contributed by atoms with E-state index < -0.39 is 5.60 Å². The van der Waals surface area contributed by atoms with Gasteiger partial charge in [0.05, 0.1) is 0 Å². The standard InChI is InChI=1S/C4H10O4/c1-4(2,8-6)3-7-5/h5-6H,3H2,1-2H3. The van der Waals surface area contributed by atoms with Crippen molar-refractivity contribution in [3.05, 3.63) is 0 Å². The minimum Gasteiger partial charge on any atom is -0.252 e. The molecule has 0 radical (unpaired) electrons. The smallest absolute Gasteiger partial charge is 0.124 e. The van der Waals surface area contributed by atoms with Crippen molar-refractivity contribution < 1.29 is 20.3 Å². The summed E-state index contributed by atoms with van der Waals surface area (Å²) < 4.78 is 0. The van der Waals surface area contributed by atoms with Gasteiger partial charge in [0.2, 0.25) is 0 Å². The van der Waals surface area contributed by atoms with Crippen LogP contribution in [0, 0.1) is 0 Å². The monoisotopic (exact) mass is 122 g/mol. The second-order valence-corrected chi connectivity index (χ2v) is 2.12. The van der Waals surface area contributed by atoms with Crippen LogP contribution in [-0.4, -0.2) is 22.7 Å². The van der Waals surface area contributed by atoms with Crippen LogP contribution in [0.2, 0.25) is 0 Å². The Labute approximate surface area is 47.5 Å². The van der Waals surface area contributed by atoms with E-state index in [2.05, 4.69) is 9.78 Å². The quantitative estimate of drug-likeness (QED) is 0.428. The molecule has 0 atom stereocenters. The number of rotatable bonds is 3. The summed E-state index contributed by atoms with van der Waals surface area (Å²) in [5, 5.41) is 15.9. The lowest BCUT2D eigenvalue weighted by atomic mass is 10.2. The maximum atomic E-state index is 8.03. The molecule has 0 amide bonds. The lowest BCUT2D eigenvalue weighted by molar-refractivity contribution is -0.355. The Morgan fingerprint density at radius 1 is 1.38 bits per heavy atom. The Kier molecular flexibility index (Phi) is 2.93. The second kappa shape index (κ2) is 2.99. The molecule has 0 aromatic carbocycles. The Hall–Kier alpha value is -0.160. The van der Waals surface area contributed by atoms with E-state index in [9.17, 15) is 0 Å². The molecule has 0 aliphatic rings. The van der Waals surface area contributed by atoms with Gasteiger partial charge in [-0.05, 0) is 13.8 Å². The third-order valence-corrected chi connectivity index (χ3v) is 0.659. The summed E-state index contributed by atoms with van der Waals surface area (Å²) >= 11 is 0. The molecule has 0 aromatic heterocycles. The minimum absolute atomic E-state index is 0.0521. The Morgan fingerprint density at radius 3 is 2.00 bits per heavy atom. The van der Waals surface area contributed by atoms with Crippen molar-refractivity contribution in [1.82, 2.24) is 0 Å². The first-order chi connectivity index (χ1) is 3.62. The molecule has 2 N–H and O–H groups in total. The molecule has 0 saturated carbocycles. The molecular weight excluding hydrogens is 112 g/mol. The van der Waals surface area contributed by atoms with Crippen LogP contribution in [0.1, 0.15) is 13.8 Å².